The fourth-order valence-corrected chi connectivity index (χ4v) is 5.38. The fourth-order valence-electron chi connectivity index (χ4n) is 5.38. The van der Waals surface area contributed by atoms with Gasteiger partial charge in [0, 0.05) is 29.4 Å². The number of imidazole rings is 1. The molecule has 6 rings (SSSR count). The predicted octanol–water partition coefficient (Wildman–Crippen LogP) is 6.96. The minimum absolute atomic E-state index is 0.0397. The van der Waals surface area contributed by atoms with Gasteiger partial charge >= 0.3 is 0 Å². The summed E-state index contributed by atoms with van der Waals surface area (Å²) in [5, 5.41) is 0. The van der Waals surface area contributed by atoms with Gasteiger partial charge in [-0.25, -0.2) is 0 Å². The van der Waals surface area contributed by atoms with Crippen molar-refractivity contribution < 1.29 is 9.53 Å². The molecular formula is C31H28N2O2. The Morgan fingerprint density at radius 3 is 2.46 bits per heavy atom. The summed E-state index contributed by atoms with van der Waals surface area (Å²) in [4.78, 5) is 14.1. The third kappa shape index (κ3) is 3.57. The van der Waals surface area contributed by atoms with Gasteiger partial charge in [0.15, 0.2) is 0 Å². The molecule has 0 aliphatic carbocycles. The van der Waals surface area contributed by atoms with E-state index in [1.54, 1.807) is 7.11 Å². The summed E-state index contributed by atoms with van der Waals surface area (Å²) in [6, 6.07) is 26.4. The topological polar surface area (TPSA) is 35.6 Å². The van der Waals surface area contributed by atoms with Crippen molar-refractivity contribution in [3.8, 4) is 28.1 Å². The average molecular weight is 461 g/mol. The molecule has 0 unspecified atom stereocenters. The van der Waals surface area contributed by atoms with Crippen LogP contribution in [0, 0.1) is 6.92 Å². The van der Waals surface area contributed by atoms with E-state index < -0.39 is 0 Å². The number of nitrogens with zero attached hydrogens (tertiary/aromatic N) is 2. The standard InChI is InChI=1S/C31H28N2O2/c1-21-14-16-22(17-15-21)27-20-33-29(30(34)23-9-4-3-5-10-23)28(24-11-8-12-25(19-24)35-2)26-13-6-7-18-32(27)31(26)33/h3-5,8-12,14-17,19-20H,6-7,13,18H2,1-2H3. The second-order valence-corrected chi connectivity index (χ2v) is 9.31. The second kappa shape index (κ2) is 8.62. The van der Waals surface area contributed by atoms with Crippen molar-refractivity contribution in [1.29, 1.82) is 0 Å². The minimum Gasteiger partial charge on any atom is -0.497 e. The third-order valence-electron chi connectivity index (χ3n) is 7.09. The van der Waals surface area contributed by atoms with Gasteiger partial charge in [-0.1, -0.05) is 72.3 Å². The zero-order valence-corrected chi connectivity index (χ0v) is 20.1. The molecule has 0 bridgehead atoms. The van der Waals surface area contributed by atoms with Gasteiger partial charge in [-0.15, -0.1) is 0 Å². The number of ether oxygens (including phenoxy) is 1. The molecule has 4 nitrogen and oxygen atoms in total. The summed E-state index contributed by atoms with van der Waals surface area (Å²) in [6.07, 6.45) is 5.30. The maximum Gasteiger partial charge on any atom is 0.210 e. The number of carbonyl (C=O) groups excluding carboxylic acids is 1. The van der Waals surface area contributed by atoms with Gasteiger partial charge in [0.2, 0.25) is 5.78 Å². The fraction of sp³-hybridized carbons (Fsp3) is 0.194. The van der Waals surface area contributed by atoms with Crippen LogP contribution in [0.3, 0.4) is 0 Å². The zero-order chi connectivity index (χ0) is 23.9. The minimum atomic E-state index is 0.0397. The first-order valence-corrected chi connectivity index (χ1v) is 12.2. The Morgan fingerprint density at radius 1 is 0.886 bits per heavy atom. The van der Waals surface area contributed by atoms with Crippen LogP contribution in [-0.2, 0) is 13.0 Å². The molecule has 0 amide bonds. The Labute approximate surface area is 205 Å². The number of methoxy groups -OCH3 is 1. The molecule has 0 saturated carbocycles. The maximum absolute atomic E-state index is 14.1. The monoisotopic (exact) mass is 460 g/mol. The Hall–Kier alpha value is -4.05. The van der Waals surface area contributed by atoms with E-state index >= 15 is 0 Å². The molecule has 3 heterocycles. The molecule has 0 radical (unpaired) electrons. The van der Waals surface area contributed by atoms with Crippen LogP contribution in [0.5, 0.6) is 5.75 Å². The first-order valence-electron chi connectivity index (χ1n) is 12.2. The highest BCUT2D eigenvalue weighted by Gasteiger charge is 2.30. The van der Waals surface area contributed by atoms with Gasteiger partial charge in [0.25, 0.3) is 0 Å². The van der Waals surface area contributed by atoms with Crippen LogP contribution < -0.4 is 4.74 Å². The molecule has 1 aliphatic heterocycles. The van der Waals surface area contributed by atoms with E-state index in [9.17, 15) is 4.79 Å². The molecule has 0 fully saturated rings. The number of aryl methyl sites for hydroxylation is 3. The molecule has 0 atom stereocenters. The maximum atomic E-state index is 14.1. The molecule has 5 aromatic rings. The molecule has 0 spiro atoms. The highest BCUT2D eigenvalue weighted by molar-refractivity contribution is 6.13. The summed E-state index contributed by atoms with van der Waals surface area (Å²) in [7, 11) is 1.68. The molecule has 4 heteroatoms. The number of ketones is 1. The Kier molecular flexibility index (Phi) is 5.29. The highest BCUT2D eigenvalue weighted by atomic mass is 16.5. The Bertz CT molecular complexity index is 1540. The Balaban J connectivity index is 1.68. The van der Waals surface area contributed by atoms with Crippen LogP contribution in [-0.4, -0.2) is 21.9 Å². The highest BCUT2D eigenvalue weighted by Crippen LogP contribution is 2.41. The predicted molar refractivity (Wildman–Crippen MR) is 140 cm³/mol. The van der Waals surface area contributed by atoms with Gasteiger partial charge in [0.05, 0.1) is 12.8 Å². The second-order valence-electron chi connectivity index (χ2n) is 9.31. The normalized spacial score (nSPS) is 13.1. The van der Waals surface area contributed by atoms with Crippen LogP contribution in [0.1, 0.15) is 40.0 Å². The smallest absolute Gasteiger partial charge is 0.210 e. The van der Waals surface area contributed by atoms with Gasteiger partial charge < -0.3 is 9.30 Å². The molecule has 0 N–H and O–H groups in total. The zero-order valence-electron chi connectivity index (χ0n) is 20.1. The molecule has 2 aromatic heterocycles. The van der Waals surface area contributed by atoms with E-state index in [1.165, 1.54) is 16.7 Å². The number of rotatable bonds is 5. The Morgan fingerprint density at radius 2 is 1.69 bits per heavy atom. The largest absolute Gasteiger partial charge is 0.497 e. The number of hydrogen-bond acceptors (Lipinski definition) is 2. The summed E-state index contributed by atoms with van der Waals surface area (Å²) < 4.78 is 10.1. The van der Waals surface area contributed by atoms with Crippen molar-refractivity contribution in [3.63, 3.8) is 0 Å². The van der Waals surface area contributed by atoms with Crippen LogP contribution in [0.15, 0.2) is 85.1 Å². The van der Waals surface area contributed by atoms with Crippen LogP contribution in [0.2, 0.25) is 0 Å². The number of benzene rings is 3. The van der Waals surface area contributed by atoms with Gasteiger partial charge in [-0.05, 0) is 49.4 Å². The molecule has 0 saturated heterocycles. The third-order valence-corrected chi connectivity index (χ3v) is 7.09. The summed E-state index contributed by atoms with van der Waals surface area (Å²) in [5.74, 6) is 0.832. The van der Waals surface area contributed by atoms with Gasteiger partial charge in [-0.2, -0.15) is 0 Å². The lowest BCUT2D eigenvalue weighted by molar-refractivity contribution is 0.103. The number of hydrogen-bond donors (Lipinski definition) is 0. The summed E-state index contributed by atoms with van der Waals surface area (Å²) in [6.45, 7) is 3.05. The van der Waals surface area contributed by atoms with Gasteiger partial charge in [0.1, 0.15) is 17.1 Å². The number of carbonyl (C=O) groups is 1. The van der Waals surface area contributed by atoms with Crippen molar-refractivity contribution in [2.75, 3.05) is 7.11 Å². The number of aromatic nitrogens is 2. The van der Waals surface area contributed by atoms with E-state index in [-0.39, 0.29) is 5.78 Å². The average Bonchev–Trinajstić information content (AvgIpc) is 3.32. The van der Waals surface area contributed by atoms with Crippen LogP contribution >= 0.6 is 0 Å². The SMILES string of the molecule is COc1cccc(-c2c3c4n(c(-c5ccc(C)cc5)cn4c2C(=O)c2ccccc2)CCCC3)c1. The van der Waals surface area contributed by atoms with E-state index in [2.05, 4.69) is 52.4 Å². The van der Waals surface area contributed by atoms with E-state index in [0.717, 1.165) is 59.7 Å². The van der Waals surface area contributed by atoms with Crippen molar-refractivity contribution in [2.45, 2.75) is 32.7 Å². The first-order chi connectivity index (χ1) is 17.2. The molecular weight excluding hydrogens is 432 g/mol. The van der Waals surface area contributed by atoms with E-state index in [1.807, 2.05) is 48.5 Å². The van der Waals surface area contributed by atoms with Crippen molar-refractivity contribution in [2.24, 2.45) is 0 Å². The van der Waals surface area contributed by atoms with Crippen molar-refractivity contribution in [1.82, 2.24) is 8.97 Å². The van der Waals surface area contributed by atoms with Crippen LogP contribution in [0.25, 0.3) is 28.0 Å². The molecule has 1 aliphatic rings. The first kappa shape index (κ1) is 21.5. The summed E-state index contributed by atoms with van der Waals surface area (Å²) >= 11 is 0. The molecule has 3 aromatic carbocycles. The lowest BCUT2D eigenvalue weighted by Crippen LogP contribution is -2.06. The molecule has 174 valence electrons. The van der Waals surface area contributed by atoms with Crippen LogP contribution in [0.4, 0.5) is 0 Å². The van der Waals surface area contributed by atoms with Gasteiger partial charge in [-0.3, -0.25) is 9.20 Å². The van der Waals surface area contributed by atoms with E-state index in [4.69, 9.17) is 4.74 Å². The quantitative estimate of drug-likeness (QED) is 0.266. The van der Waals surface area contributed by atoms with Crippen molar-refractivity contribution in [3.05, 3.63) is 107 Å². The van der Waals surface area contributed by atoms with Crippen molar-refractivity contribution >= 4 is 11.4 Å². The lowest BCUT2D eigenvalue weighted by atomic mass is 9.95. The van der Waals surface area contributed by atoms with E-state index in [0.29, 0.717) is 5.56 Å². The lowest BCUT2D eigenvalue weighted by Gasteiger charge is -2.10. The molecule has 35 heavy (non-hydrogen) atoms. The summed E-state index contributed by atoms with van der Waals surface area (Å²) in [5.41, 5.74) is 9.42.